The Balaban J connectivity index is 2.02. The molecule has 1 N–H and O–H groups in total. The fourth-order valence-electron chi connectivity index (χ4n) is 2.44. The number of hydrogen-bond acceptors (Lipinski definition) is 4. The van der Waals surface area contributed by atoms with Crippen molar-refractivity contribution >= 4 is 11.8 Å². The minimum atomic E-state index is -0.357. The number of hydrogen-bond donors (Lipinski definition) is 1. The van der Waals surface area contributed by atoms with Gasteiger partial charge in [-0.15, -0.1) is 0 Å². The van der Waals surface area contributed by atoms with Gasteiger partial charge in [0, 0.05) is 43.9 Å². The lowest BCUT2D eigenvalue weighted by molar-refractivity contribution is -0.135. The summed E-state index contributed by atoms with van der Waals surface area (Å²) >= 11 is 0. The van der Waals surface area contributed by atoms with Gasteiger partial charge in [-0.3, -0.25) is 14.4 Å². The molecule has 2 amide bonds. The van der Waals surface area contributed by atoms with Crippen molar-refractivity contribution in [3.8, 4) is 0 Å². The highest BCUT2D eigenvalue weighted by Gasteiger charge is 2.18. The van der Waals surface area contributed by atoms with Gasteiger partial charge in [-0.05, 0) is 26.8 Å². The first-order chi connectivity index (χ1) is 11.3. The van der Waals surface area contributed by atoms with Gasteiger partial charge in [0.15, 0.2) is 0 Å². The summed E-state index contributed by atoms with van der Waals surface area (Å²) < 4.78 is 6.63. The second kappa shape index (κ2) is 7.61. The van der Waals surface area contributed by atoms with E-state index >= 15 is 0 Å². The largest absolute Gasteiger partial charge is 0.378 e. The molecule has 2 rings (SSSR count). The van der Waals surface area contributed by atoms with Crippen LogP contribution in [0.4, 0.5) is 0 Å². The average Bonchev–Trinajstić information content (AvgIpc) is 2.53. The van der Waals surface area contributed by atoms with Crippen molar-refractivity contribution in [2.75, 3.05) is 26.3 Å². The zero-order valence-electron chi connectivity index (χ0n) is 14.5. The number of carbonyl (C=O) groups excluding carboxylic acids is 2. The Morgan fingerprint density at radius 3 is 2.50 bits per heavy atom. The molecule has 0 saturated carbocycles. The van der Waals surface area contributed by atoms with Crippen LogP contribution < -0.4 is 10.9 Å². The third kappa shape index (κ3) is 5.19. The maximum absolute atomic E-state index is 12.2. The van der Waals surface area contributed by atoms with Crippen LogP contribution in [0.5, 0.6) is 0 Å². The van der Waals surface area contributed by atoms with Crippen LogP contribution in [0.25, 0.3) is 0 Å². The van der Waals surface area contributed by atoms with E-state index in [1.54, 1.807) is 4.90 Å². The summed E-state index contributed by atoms with van der Waals surface area (Å²) in [7, 11) is 0. The minimum absolute atomic E-state index is 0.00486. The number of aryl methyl sites for hydroxylation is 1. The Morgan fingerprint density at radius 1 is 1.21 bits per heavy atom. The molecule has 0 aromatic carbocycles. The first-order valence-corrected chi connectivity index (χ1v) is 8.15. The number of aromatic nitrogens is 1. The topological polar surface area (TPSA) is 80.6 Å². The summed E-state index contributed by atoms with van der Waals surface area (Å²) in [4.78, 5) is 38.1. The molecule has 0 atom stereocenters. The molecule has 2 heterocycles. The van der Waals surface area contributed by atoms with Crippen LogP contribution in [0.15, 0.2) is 23.1 Å². The van der Waals surface area contributed by atoms with E-state index in [1.165, 1.54) is 22.9 Å². The molecule has 0 bridgehead atoms. The van der Waals surface area contributed by atoms with Crippen LogP contribution in [0.1, 0.15) is 37.6 Å². The van der Waals surface area contributed by atoms with Gasteiger partial charge in [-0.1, -0.05) is 0 Å². The Hall–Kier alpha value is -2.15. The Labute approximate surface area is 141 Å². The van der Waals surface area contributed by atoms with Crippen LogP contribution in [0.3, 0.4) is 0 Å². The van der Waals surface area contributed by atoms with E-state index in [0.29, 0.717) is 31.9 Å². The van der Waals surface area contributed by atoms with Crippen molar-refractivity contribution in [2.45, 2.75) is 39.3 Å². The van der Waals surface area contributed by atoms with Crippen molar-refractivity contribution in [1.82, 2.24) is 14.8 Å². The molecule has 0 unspecified atom stereocenters. The maximum atomic E-state index is 12.2. The molecule has 1 aliphatic rings. The quantitative estimate of drug-likeness (QED) is 0.875. The number of ether oxygens (including phenoxy) is 1. The van der Waals surface area contributed by atoms with Crippen LogP contribution in [0.2, 0.25) is 0 Å². The molecule has 0 radical (unpaired) electrons. The highest BCUT2D eigenvalue weighted by molar-refractivity contribution is 5.94. The lowest BCUT2D eigenvalue weighted by Gasteiger charge is -2.27. The molecule has 1 fully saturated rings. The highest BCUT2D eigenvalue weighted by atomic mass is 16.5. The van der Waals surface area contributed by atoms with Gasteiger partial charge < -0.3 is 19.5 Å². The zero-order chi connectivity index (χ0) is 17.7. The Bertz CT molecular complexity index is 655. The van der Waals surface area contributed by atoms with Crippen molar-refractivity contribution in [3.05, 3.63) is 34.2 Å². The van der Waals surface area contributed by atoms with Crippen molar-refractivity contribution in [3.63, 3.8) is 0 Å². The summed E-state index contributed by atoms with van der Waals surface area (Å²) in [5, 5.41) is 2.86. The predicted octanol–water partition coefficient (Wildman–Crippen LogP) is 0.626. The molecular formula is C17H25N3O4. The van der Waals surface area contributed by atoms with Gasteiger partial charge in [0.05, 0.1) is 18.8 Å². The first kappa shape index (κ1) is 18.2. The zero-order valence-corrected chi connectivity index (χ0v) is 14.5. The van der Waals surface area contributed by atoms with Gasteiger partial charge in [-0.25, -0.2) is 0 Å². The summed E-state index contributed by atoms with van der Waals surface area (Å²) in [6.45, 7) is 8.20. The Morgan fingerprint density at radius 2 is 1.88 bits per heavy atom. The molecule has 1 aliphatic heterocycles. The van der Waals surface area contributed by atoms with Crippen LogP contribution in [0, 0.1) is 0 Å². The van der Waals surface area contributed by atoms with Crippen molar-refractivity contribution < 1.29 is 14.3 Å². The number of nitrogens with one attached hydrogen (secondary N) is 1. The Kier molecular flexibility index (Phi) is 5.77. The third-order valence-electron chi connectivity index (χ3n) is 3.66. The van der Waals surface area contributed by atoms with Gasteiger partial charge in [-0.2, -0.15) is 0 Å². The van der Waals surface area contributed by atoms with Gasteiger partial charge in [0.25, 0.3) is 11.5 Å². The molecule has 0 aliphatic carbocycles. The highest BCUT2D eigenvalue weighted by Crippen LogP contribution is 2.05. The molecule has 7 nitrogen and oxygen atoms in total. The first-order valence-electron chi connectivity index (χ1n) is 8.15. The number of carbonyl (C=O) groups is 2. The molecular weight excluding hydrogens is 310 g/mol. The number of rotatable bonds is 4. The number of pyridine rings is 1. The van der Waals surface area contributed by atoms with E-state index in [9.17, 15) is 14.4 Å². The number of nitrogens with zero attached hydrogens (tertiary/aromatic N) is 2. The lowest BCUT2D eigenvalue weighted by Crippen LogP contribution is -2.41. The van der Waals surface area contributed by atoms with E-state index < -0.39 is 0 Å². The molecule has 7 heteroatoms. The van der Waals surface area contributed by atoms with Crippen molar-refractivity contribution in [1.29, 1.82) is 0 Å². The van der Waals surface area contributed by atoms with E-state index in [1.807, 2.05) is 20.8 Å². The van der Waals surface area contributed by atoms with Gasteiger partial charge in [0.2, 0.25) is 5.91 Å². The third-order valence-corrected chi connectivity index (χ3v) is 3.66. The molecule has 1 aromatic heterocycles. The van der Waals surface area contributed by atoms with Gasteiger partial charge in [0.1, 0.15) is 0 Å². The smallest absolute Gasteiger partial charge is 0.253 e. The second-order valence-corrected chi connectivity index (χ2v) is 6.90. The van der Waals surface area contributed by atoms with Crippen molar-refractivity contribution in [2.24, 2.45) is 0 Å². The lowest BCUT2D eigenvalue weighted by atomic mass is 10.1. The standard InChI is InChI=1S/C17H25N3O4/c1-17(2,3)18-16(23)13-4-5-14(21)20(12-13)7-6-15(22)19-8-10-24-11-9-19/h4-5,12H,6-11H2,1-3H3,(H,18,23). The molecule has 24 heavy (non-hydrogen) atoms. The normalized spacial score (nSPS) is 15.2. The van der Waals surface area contributed by atoms with E-state index in [-0.39, 0.29) is 35.9 Å². The van der Waals surface area contributed by atoms with Gasteiger partial charge >= 0.3 is 0 Å². The molecule has 0 spiro atoms. The SMILES string of the molecule is CC(C)(C)NC(=O)c1ccc(=O)n(CCC(=O)N2CCOCC2)c1. The number of amides is 2. The maximum Gasteiger partial charge on any atom is 0.253 e. The fourth-order valence-corrected chi connectivity index (χ4v) is 2.44. The predicted molar refractivity (Wildman–Crippen MR) is 89.9 cm³/mol. The fraction of sp³-hybridized carbons (Fsp3) is 0.588. The van der Waals surface area contributed by atoms with E-state index in [0.717, 1.165) is 0 Å². The summed E-state index contributed by atoms with van der Waals surface area (Å²) in [5.74, 6) is -0.245. The van der Waals surface area contributed by atoms with E-state index in [4.69, 9.17) is 4.74 Å². The van der Waals surface area contributed by atoms with E-state index in [2.05, 4.69) is 5.32 Å². The van der Waals surface area contributed by atoms with Crippen LogP contribution in [-0.4, -0.2) is 53.1 Å². The second-order valence-electron chi connectivity index (χ2n) is 6.90. The summed E-state index contributed by atoms with van der Waals surface area (Å²) in [5.41, 5.74) is -0.176. The summed E-state index contributed by atoms with van der Waals surface area (Å²) in [6.07, 6.45) is 1.74. The molecule has 1 aromatic rings. The van der Waals surface area contributed by atoms with Crippen LogP contribution >= 0.6 is 0 Å². The number of morpholine rings is 1. The van der Waals surface area contributed by atoms with Crippen LogP contribution in [-0.2, 0) is 16.1 Å². The monoisotopic (exact) mass is 335 g/mol. The summed E-state index contributed by atoms with van der Waals surface area (Å²) in [6, 6.07) is 2.86. The molecule has 132 valence electrons. The molecule has 1 saturated heterocycles. The average molecular weight is 335 g/mol. The minimum Gasteiger partial charge on any atom is -0.378 e.